The summed E-state index contributed by atoms with van der Waals surface area (Å²) in [6, 6.07) is 0. The molecule has 0 aromatic heterocycles. The monoisotopic (exact) mass is 132 g/mol. The highest BCUT2D eigenvalue weighted by Gasteiger charge is 2.84. The van der Waals surface area contributed by atoms with Crippen molar-refractivity contribution in [2.45, 2.75) is 31.5 Å². The Labute approximate surface area is 52.3 Å². The van der Waals surface area contributed by atoms with E-state index in [9.17, 15) is 0 Å². The SMILES string of the molecule is CCCC12OOC1(O)O2. The zero-order valence-corrected chi connectivity index (χ0v) is 5.09. The maximum absolute atomic E-state index is 9.00. The van der Waals surface area contributed by atoms with E-state index in [1.165, 1.54) is 0 Å². The average molecular weight is 132 g/mol. The minimum Gasteiger partial charge on any atom is -0.337 e. The molecule has 2 heterocycles. The van der Waals surface area contributed by atoms with Crippen LogP contribution in [-0.4, -0.2) is 16.9 Å². The number of rotatable bonds is 2. The van der Waals surface area contributed by atoms with Crippen LogP contribution in [0.3, 0.4) is 0 Å². The summed E-state index contributed by atoms with van der Waals surface area (Å²) >= 11 is 0. The van der Waals surface area contributed by atoms with Gasteiger partial charge in [-0.2, -0.15) is 9.78 Å². The second-order valence-electron chi connectivity index (χ2n) is 2.35. The zero-order chi connectivity index (χ0) is 6.54. The van der Waals surface area contributed by atoms with Crippen molar-refractivity contribution in [3.8, 4) is 0 Å². The largest absolute Gasteiger partial charge is 0.371 e. The Morgan fingerprint density at radius 3 is 2.33 bits per heavy atom. The number of hydrogen-bond acceptors (Lipinski definition) is 4. The van der Waals surface area contributed by atoms with Gasteiger partial charge < -0.3 is 5.11 Å². The van der Waals surface area contributed by atoms with Crippen molar-refractivity contribution >= 4 is 0 Å². The maximum atomic E-state index is 9.00. The van der Waals surface area contributed by atoms with E-state index in [1.54, 1.807) is 0 Å². The van der Waals surface area contributed by atoms with E-state index < -0.39 is 11.8 Å². The number of epoxide rings is 1. The van der Waals surface area contributed by atoms with Crippen molar-refractivity contribution in [2.75, 3.05) is 0 Å². The van der Waals surface area contributed by atoms with Gasteiger partial charge in [0.1, 0.15) is 0 Å². The van der Waals surface area contributed by atoms with Crippen LogP contribution in [0.5, 0.6) is 0 Å². The second-order valence-corrected chi connectivity index (χ2v) is 2.35. The lowest BCUT2D eigenvalue weighted by molar-refractivity contribution is -0.514. The lowest BCUT2D eigenvalue weighted by Crippen LogP contribution is -2.42. The summed E-state index contributed by atoms with van der Waals surface area (Å²) in [4.78, 5) is 8.84. The number of ether oxygens (including phenoxy) is 1. The van der Waals surface area contributed by atoms with Gasteiger partial charge in [0.25, 0.3) is 5.79 Å². The summed E-state index contributed by atoms with van der Waals surface area (Å²) < 4.78 is 4.75. The van der Waals surface area contributed by atoms with Gasteiger partial charge in [-0.05, 0) is 0 Å². The molecule has 0 aromatic carbocycles. The summed E-state index contributed by atoms with van der Waals surface area (Å²) in [5.74, 6) is -2.18. The van der Waals surface area contributed by atoms with Crippen LogP contribution in [0, 0.1) is 0 Å². The topological polar surface area (TPSA) is 51.2 Å². The fourth-order valence-corrected chi connectivity index (χ4v) is 1.02. The van der Waals surface area contributed by atoms with Crippen LogP contribution in [0.2, 0.25) is 0 Å². The Kier molecular flexibility index (Phi) is 0.806. The molecule has 2 atom stereocenters. The fourth-order valence-electron chi connectivity index (χ4n) is 1.02. The van der Waals surface area contributed by atoms with E-state index in [-0.39, 0.29) is 0 Å². The molecule has 2 rings (SSSR count). The van der Waals surface area contributed by atoms with E-state index in [4.69, 9.17) is 9.84 Å². The fraction of sp³-hybridized carbons (Fsp3) is 1.00. The summed E-state index contributed by atoms with van der Waals surface area (Å²) in [6.45, 7) is 1.98. The predicted octanol–water partition coefficient (Wildman–Crippen LogP) is 0.121. The molecular formula is C5H8O4. The smallest absolute Gasteiger partial charge is 0.337 e. The van der Waals surface area contributed by atoms with Crippen LogP contribution in [0.1, 0.15) is 19.8 Å². The van der Waals surface area contributed by atoms with E-state index in [0.717, 1.165) is 6.42 Å². The van der Waals surface area contributed by atoms with Crippen molar-refractivity contribution in [1.82, 2.24) is 0 Å². The third-order valence-corrected chi connectivity index (χ3v) is 1.61. The van der Waals surface area contributed by atoms with Crippen molar-refractivity contribution in [2.24, 2.45) is 0 Å². The molecule has 2 aliphatic heterocycles. The molecule has 4 nitrogen and oxygen atoms in total. The molecule has 0 bridgehead atoms. The predicted molar refractivity (Wildman–Crippen MR) is 25.8 cm³/mol. The molecule has 0 amide bonds. The Bertz CT molecular complexity index is 148. The van der Waals surface area contributed by atoms with Crippen LogP contribution < -0.4 is 0 Å². The van der Waals surface area contributed by atoms with Gasteiger partial charge in [-0.1, -0.05) is 13.3 Å². The molecule has 0 radical (unpaired) electrons. The molecule has 2 saturated heterocycles. The van der Waals surface area contributed by atoms with Crippen LogP contribution in [0.4, 0.5) is 0 Å². The number of hydrogen-bond donors (Lipinski definition) is 1. The maximum Gasteiger partial charge on any atom is 0.371 e. The van der Waals surface area contributed by atoms with Crippen LogP contribution in [0.15, 0.2) is 0 Å². The molecule has 0 spiro atoms. The Balaban J connectivity index is 1.99. The first-order valence-electron chi connectivity index (χ1n) is 3.02. The number of aliphatic hydroxyl groups is 1. The third kappa shape index (κ3) is 0.470. The first-order valence-corrected chi connectivity index (χ1v) is 3.02. The molecular weight excluding hydrogens is 124 g/mol. The Hall–Kier alpha value is -0.160. The lowest BCUT2D eigenvalue weighted by atomic mass is 10.2. The van der Waals surface area contributed by atoms with Gasteiger partial charge in [0.15, 0.2) is 0 Å². The highest BCUT2D eigenvalue weighted by molar-refractivity contribution is 4.97. The highest BCUT2D eigenvalue weighted by atomic mass is 17.4. The summed E-state index contributed by atoms with van der Waals surface area (Å²) in [6.07, 6.45) is 1.59. The molecule has 4 heteroatoms. The van der Waals surface area contributed by atoms with E-state index in [2.05, 4.69) is 9.78 Å². The minimum absolute atomic E-state index is 0.684. The number of fused-ring (bicyclic) bond motifs is 1. The average Bonchev–Trinajstić information content (AvgIpc) is 2.18. The van der Waals surface area contributed by atoms with E-state index in [1.807, 2.05) is 6.92 Å². The quantitative estimate of drug-likeness (QED) is 0.428. The standard InChI is InChI=1S/C5H8O4/c1-2-3-4-5(6,7-4)9-8-4/h6H,2-3H2,1H3. The molecule has 2 aliphatic rings. The van der Waals surface area contributed by atoms with E-state index >= 15 is 0 Å². The molecule has 0 aliphatic carbocycles. The van der Waals surface area contributed by atoms with Crippen molar-refractivity contribution < 1.29 is 19.6 Å². The molecule has 52 valence electrons. The normalized spacial score (nSPS) is 54.0. The second kappa shape index (κ2) is 1.29. The van der Waals surface area contributed by atoms with Gasteiger partial charge in [-0.3, -0.25) is 4.74 Å². The van der Waals surface area contributed by atoms with Gasteiger partial charge >= 0.3 is 5.97 Å². The van der Waals surface area contributed by atoms with Crippen molar-refractivity contribution in [3.05, 3.63) is 0 Å². The molecule has 2 unspecified atom stereocenters. The van der Waals surface area contributed by atoms with Gasteiger partial charge in [-0.25, -0.2) is 0 Å². The van der Waals surface area contributed by atoms with Gasteiger partial charge in [0, 0.05) is 6.42 Å². The first-order chi connectivity index (χ1) is 4.22. The zero-order valence-electron chi connectivity index (χ0n) is 5.09. The van der Waals surface area contributed by atoms with Gasteiger partial charge in [0.05, 0.1) is 0 Å². The first kappa shape index (κ1) is 5.61. The third-order valence-electron chi connectivity index (χ3n) is 1.61. The summed E-state index contributed by atoms with van der Waals surface area (Å²) in [7, 11) is 0. The summed E-state index contributed by atoms with van der Waals surface area (Å²) in [5.41, 5.74) is 0. The molecule has 1 N–H and O–H groups in total. The van der Waals surface area contributed by atoms with Gasteiger partial charge in [-0.15, -0.1) is 0 Å². The Morgan fingerprint density at radius 2 is 2.22 bits per heavy atom. The van der Waals surface area contributed by atoms with Crippen LogP contribution >= 0.6 is 0 Å². The molecule has 2 fully saturated rings. The van der Waals surface area contributed by atoms with E-state index in [0.29, 0.717) is 6.42 Å². The van der Waals surface area contributed by atoms with Crippen molar-refractivity contribution in [3.63, 3.8) is 0 Å². The van der Waals surface area contributed by atoms with Gasteiger partial charge in [0.2, 0.25) is 0 Å². The van der Waals surface area contributed by atoms with Crippen LogP contribution in [-0.2, 0) is 14.5 Å². The van der Waals surface area contributed by atoms with Crippen LogP contribution in [0.25, 0.3) is 0 Å². The Morgan fingerprint density at radius 1 is 1.44 bits per heavy atom. The molecule has 9 heavy (non-hydrogen) atoms. The molecule has 0 aromatic rings. The molecule has 0 saturated carbocycles. The van der Waals surface area contributed by atoms with Crippen molar-refractivity contribution in [1.29, 1.82) is 0 Å². The highest BCUT2D eigenvalue weighted by Crippen LogP contribution is 2.59. The summed E-state index contributed by atoms with van der Waals surface area (Å²) in [5, 5.41) is 9.00. The lowest BCUT2D eigenvalue weighted by Gasteiger charge is -2.21. The minimum atomic E-state index is -1.39.